The lowest BCUT2D eigenvalue weighted by Gasteiger charge is -2.23. The summed E-state index contributed by atoms with van der Waals surface area (Å²) in [6.45, 7) is 4.26. The highest BCUT2D eigenvalue weighted by Gasteiger charge is 2.59. The quantitative estimate of drug-likeness (QED) is 0.491. The van der Waals surface area contributed by atoms with E-state index in [0.717, 1.165) is 6.92 Å². The summed E-state index contributed by atoms with van der Waals surface area (Å²) < 4.78 is 75.1. The van der Waals surface area contributed by atoms with E-state index in [2.05, 4.69) is 0 Å². The Kier molecular flexibility index (Phi) is 3.31. The fraction of sp³-hybridized carbons (Fsp3) is 0.818. The third-order valence-corrected chi connectivity index (χ3v) is 3.77. The second kappa shape index (κ2) is 3.92. The van der Waals surface area contributed by atoms with E-state index in [1.807, 2.05) is 0 Å². The standard InChI is InChI=1S/C11H14F6/c1-4-9(5-6(9)2)7(3)8(10(12,13)14)11(15,16)17/h6H,4-5H2,1-3H3. The number of hydrogen-bond acceptors (Lipinski definition) is 0. The Morgan fingerprint density at radius 1 is 1.12 bits per heavy atom. The van der Waals surface area contributed by atoms with E-state index in [1.165, 1.54) is 0 Å². The lowest BCUT2D eigenvalue weighted by molar-refractivity contribution is -0.173. The molecule has 0 aromatic rings. The first-order valence-corrected chi connectivity index (χ1v) is 5.32. The molecule has 0 N–H and O–H groups in total. The van der Waals surface area contributed by atoms with Gasteiger partial charge in [0.25, 0.3) is 0 Å². The van der Waals surface area contributed by atoms with E-state index in [0.29, 0.717) is 12.8 Å². The molecular formula is C11H14F6. The molecule has 0 bridgehead atoms. The summed E-state index contributed by atoms with van der Waals surface area (Å²) in [5, 5.41) is 0. The minimum atomic E-state index is -5.34. The fourth-order valence-corrected chi connectivity index (χ4v) is 2.60. The smallest absolute Gasteiger partial charge is 0.166 e. The zero-order valence-corrected chi connectivity index (χ0v) is 9.76. The zero-order valence-electron chi connectivity index (χ0n) is 9.76. The summed E-state index contributed by atoms with van der Waals surface area (Å²) in [5.74, 6) is -0.118. The van der Waals surface area contributed by atoms with Gasteiger partial charge >= 0.3 is 12.4 Å². The molecule has 100 valence electrons. The number of rotatable bonds is 2. The van der Waals surface area contributed by atoms with Crippen LogP contribution in [0.3, 0.4) is 0 Å². The van der Waals surface area contributed by atoms with Gasteiger partial charge in [-0.25, -0.2) is 0 Å². The Balaban J connectivity index is 3.31. The van der Waals surface area contributed by atoms with Crippen LogP contribution in [-0.4, -0.2) is 12.4 Å². The average molecular weight is 260 g/mol. The first-order valence-electron chi connectivity index (χ1n) is 5.32. The lowest BCUT2D eigenvalue weighted by atomic mass is 9.87. The van der Waals surface area contributed by atoms with E-state index in [9.17, 15) is 26.3 Å². The van der Waals surface area contributed by atoms with Crippen molar-refractivity contribution in [1.29, 1.82) is 0 Å². The van der Waals surface area contributed by atoms with Crippen molar-refractivity contribution in [3.8, 4) is 0 Å². The van der Waals surface area contributed by atoms with Crippen LogP contribution in [0.5, 0.6) is 0 Å². The van der Waals surface area contributed by atoms with E-state index >= 15 is 0 Å². The molecule has 0 radical (unpaired) electrons. The average Bonchev–Trinajstić information content (AvgIpc) is 2.72. The highest BCUT2D eigenvalue weighted by atomic mass is 19.4. The van der Waals surface area contributed by atoms with Crippen LogP contribution >= 0.6 is 0 Å². The van der Waals surface area contributed by atoms with E-state index < -0.39 is 28.9 Å². The summed E-state index contributed by atoms with van der Waals surface area (Å²) in [4.78, 5) is 0. The van der Waals surface area contributed by atoms with Crippen LogP contribution < -0.4 is 0 Å². The number of alkyl halides is 6. The summed E-state index contributed by atoms with van der Waals surface area (Å²) >= 11 is 0. The first kappa shape index (κ1) is 14.4. The summed E-state index contributed by atoms with van der Waals surface area (Å²) in [6, 6.07) is 0. The van der Waals surface area contributed by atoms with Crippen LogP contribution in [0.2, 0.25) is 0 Å². The third kappa shape index (κ3) is 2.45. The number of halogens is 6. The molecule has 0 aromatic carbocycles. The molecule has 1 aliphatic carbocycles. The zero-order chi connectivity index (χ0) is 13.6. The molecular weight excluding hydrogens is 246 g/mol. The van der Waals surface area contributed by atoms with Gasteiger partial charge in [-0.1, -0.05) is 13.8 Å². The summed E-state index contributed by atoms with van der Waals surface area (Å²) in [6.07, 6.45) is -9.99. The number of hydrogen-bond donors (Lipinski definition) is 0. The van der Waals surface area contributed by atoms with Crippen LogP contribution in [0.4, 0.5) is 26.3 Å². The molecule has 1 saturated carbocycles. The summed E-state index contributed by atoms with van der Waals surface area (Å²) in [7, 11) is 0. The van der Waals surface area contributed by atoms with Gasteiger partial charge < -0.3 is 0 Å². The van der Waals surface area contributed by atoms with Crippen molar-refractivity contribution in [2.75, 3.05) is 0 Å². The van der Waals surface area contributed by atoms with E-state index in [1.54, 1.807) is 13.8 Å². The van der Waals surface area contributed by atoms with Crippen molar-refractivity contribution >= 4 is 0 Å². The van der Waals surface area contributed by atoms with Gasteiger partial charge in [0.15, 0.2) is 0 Å². The van der Waals surface area contributed by atoms with Crippen molar-refractivity contribution in [2.24, 2.45) is 11.3 Å². The highest BCUT2D eigenvalue weighted by molar-refractivity contribution is 5.33. The molecule has 0 saturated heterocycles. The Bertz CT molecular complexity index is 315. The third-order valence-electron chi connectivity index (χ3n) is 3.77. The normalized spacial score (nSPS) is 29.1. The maximum atomic E-state index is 12.5. The van der Waals surface area contributed by atoms with Crippen molar-refractivity contribution in [3.63, 3.8) is 0 Å². The van der Waals surface area contributed by atoms with E-state index in [4.69, 9.17) is 0 Å². The molecule has 1 fully saturated rings. The van der Waals surface area contributed by atoms with Crippen molar-refractivity contribution in [3.05, 3.63) is 11.1 Å². The van der Waals surface area contributed by atoms with Gasteiger partial charge in [0.2, 0.25) is 0 Å². The molecule has 17 heavy (non-hydrogen) atoms. The maximum Gasteiger partial charge on any atom is 0.421 e. The number of allylic oxidation sites excluding steroid dienone is 2. The molecule has 1 rings (SSSR count). The second-order valence-electron chi connectivity index (χ2n) is 4.61. The molecule has 0 amide bonds. The molecule has 6 heteroatoms. The highest BCUT2D eigenvalue weighted by Crippen LogP contribution is 2.62. The lowest BCUT2D eigenvalue weighted by Crippen LogP contribution is -2.29. The van der Waals surface area contributed by atoms with Gasteiger partial charge in [-0.05, 0) is 36.7 Å². The van der Waals surface area contributed by atoms with Gasteiger partial charge in [0.1, 0.15) is 5.57 Å². The van der Waals surface area contributed by atoms with Crippen LogP contribution in [0.1, 0.15) is 33.6 Å². The Morgan fingerprint density at radius 3 is 1.65 bits per heavy atom. The maximum absolute atomic E-state index is 12.5. The molecule has 0 aromatic heterocycles. The van der Waals surface area contributed by atoms with E-state index in [-0.39, 0.29) is 5.92 Å². The molecule has 2 unspecified atom stereocenters. The van der Waals surface area contributed by atoms with Gasteiger partial charge in [0, 0.05) is 0 Å². The minimum absolute atomic E-state index is 0.118. The SMILES string of the molecule is CCC1(C(C)=C(C(F)(F)F)C(F)(F)F)CC1C. The van der Waals surface area contributed by atoms with Gasteiger partial charge in [0.05, 0.1) is 0 Å². The summed E-state index contributed by atoms with van der Waals surface area (Å²) in [5.41, 5.74) is -3.80. The monoisotopic (exact) mass is 260 g/mol. The fourth-order valence-electron chi connectivity index (χ4n) is 2.60. The van der Waals surface area contributed by atoms with Crippen molar-refractivity contribution in [1.82, 2.24) is 0 Å². The van der Waals surface area contributed by atoms with Crippen LogP contribution in [-0.2, 0) is 0 Å². The first-order chi connectivity index (χ1) is 7.47. The Hall–Kier alpha value is -0.680. The molecule has 0 aliphatic heterocycles. The molecule has 2 atom stereocenters. The van der Waals surface area contributed by atoms with Crippen LogP contribution in [0, 0.1) is 11.3 Å². The van der Waals surface area contributed by atoms with Crippen LogP contribution in [0.15, 0.2) is 11.1 Å². The molecule has 0 heterocycles. The second-order valence-corrected chi connectivity index (χ2v) is 4.61. The predicted molar refractivity (Wildman–Crippen MR) is 51.3 cm³/mol. The topological polar surface area (TPSA) is 0 Å². The minimum Gasteiger partial charge on any atom is -0.166 e. The predicted octanol–water partition coefficient (Wildman–Crippen LogP) is 4.86. The molecule has 1 aliphatic rings. The van der Waals surface area contributed by atoms with Gasteiger partial charge in [-0.2, -0.15) is 26.3 Å². The van der Waals surface area contributed by atoms with Gasteiger partial charge in [-0.15, -0.1) is 0 Å². The van der Waals surface area contributed by atoms with Crippen molar-refractivity contribution in [2.45, 2.75) is 46.0 Å². The Morgan fingerprint density at radius 2 is 1.47 bits per heavy atom. The molecule has 0 nitrogen and oxygen atoms in total. The van der Waals surface area contributed by atoms with Gasteiger partial charge in [-0.3, -0.25) is 0 Å². The van der Waals surface area contributed by atoms with Crippen molar-refractivity contribution < 1.29 is 26.3 Å². The van der Waals surface area contributed by atoms with Crippen LogP contribution in [0.25, 0.3) is 0 Å². The largest absolute Gasteiger partial charge is 0.421 e. The Labute approximate surface area is 95.7 Å². The molecule has 0 spiro atoms.